The number of benzene rings is 1. The zero-order valence-electron chi connectivity index (χ0n) is 21.2. The topological polar surface area (TPSA) is 154 Å². The van der Waals surface area contributed by atoms with Gasteiger partial charge in [-0.25, -0.2) is 4.79 Å². The van der Waals surface area contributed by atoms with Crippen molar-refractivity contribution in [1.82, 2.24) is 15.5 Å². The first-order valence-electron chi connectivity index (χ1n) is 11.5. The number of nitrogens with one attached hydrogen (secondary N) is 2. The number of aliphatic hydroxyl groups is 1. The number of amides is 3. The third-order valence-corrected chi connectivity index (χ3v) is 4.85. The molecule has 0 radical (unpaired) electrons. The van der Waals surface area contributed by atoms with E-state index >= 15 is 0 Å². The summed E-state index contributed by atoms with van der Waals surface area (Å²) in [4.78, 5) is 51.5. The highest BCUT2D eigenvalue weighted by atomic mass is 16.6. The van der Waals surface area contributed by atoms with Crippen LogP contribution in [-0.4, -0.2) is 76.9 Å². The van der Waals surface area contributed by atoms with Crippen LogP contribution in [0.3, 0.4) is 0 Å². The number of aliphatic hydroxyl groups excluding tert-OH is 1. The Morgan fingerprint density at radius 2 is 1.80 bits per heavy atom. The average Bonchev–Trinajstić information content (AvgIpc) is 2.76. The molecule has 2 atom stereocenters. The maximum Gasteiger partial charge on any atom is 0.408 e. The third kappa shape index (κ3) is 9.08. The molecule has 0 heterocycles. The number of carbonyl (C=O) groups excluding carboxylic acids is 4. The molecule has 0 aliphatic rings. The molecule has 1 rings (SSSR count). The molecule has 0 aromatic heterocycles. The van der Waals surface area contributed by atoms with Gasteiger partial charge in [-0.1, -0.05) is 18.2 Å². The molecular weight excluding hydrogens is 458 g/mol. The fourth-order valence-electron chi connectivity index (χ4n) is 3.27. The van der Waals surface area contributed by atoms with Crippen LogP contribution in [0.15, 0.2) is 18.2 Å². The summed E-state index contributed by atoms with van der Waals surface area (Å²) in [6, 6.07) is 2.08. The number of aromatic hydroxyl groups is 1. The Bertz CT molecular complexity index is 897. The van der Waals surface area contributed by atoms with Gasteiger partial charge < -0.3 is 35.2 Å². The van der Waals surface area contributed by atoms with E-state index in [1.165, 1.54) is 6.07 Å². The molecule has 3 amide bonds. The lowest BCUT2D eigenvalue weighted by molar-refractivity contribution is -0.144. The third-order valence-electron chi connectivity index (χ3n) is 4.85. The standard InChI is InChI=1S/C24H37N3O8/c1-7-27(22(32)17(14-28)26-23(33)35-24(4,5)6)19(16-11-9-10-15(3)20(16)30)21(31)25-13-12-18(29)34-8-2/h9-11,17,19,28,30H,7-8,12-14H2,1-6H3,(H,25,31)(H,26,33). The number of nitrogens with zero attached hydrogens (tertiary/aromatic N) is 1. The summed E-state index contributed by atoms with van der Waals surface area (Å²) in [5.74, 6) is -2.08. The van der Waals surface area contributed by atoms with E-state index < -0.39 is 48.2 Å². The van der Waals surface area contributed by atoms with Gasteiger partial charge in [0.1, 0.15) is 23.4 Å². The van der Waals surface area contributed by atoms with Crippen LogP contribution in [0.2, 0.25) is 0 Å². The Kier molecular flexibility index (Phi) is 11.5. The van der Waals surface area contributed by atoms with Crippen molar-refractivity contribution in [2.45, 2.75) is 65.6 Å². The molecule has 196 valence electrons. The first-order valence-corrected chi connectivity index (χ1v) is 11.5. The van der Waals surface area contributed by atoms with Gasteiger partial charge in [0.05, 0.1) is 19.6 Å². The van der Waals surface area contributed by atoms with Crippen LogP contribution in [0.25, 0.3) is 0 Å². The van der Waals surface area contributed by atoms with Crippen LogP contribution in [0, 0.1) is 6.92 Å². The fraction of sp³-hybridized carbons (Fsp3) is 0.583. The van der Waals surface area contributed by atoms with Gasteiger partial charge in [0.2, 0.25) is 11.8 Å². The average molecular weight is 496 g/mol. The molecule has 1 aromatic carbocycles. The first-order chi connectivity index (χ1) is 16.4. The van der Waals surface area contributed by atoms with Crippen molar-refractivity contribution in [3.05, 3.63) is 29.3 Å². The molecule has 0 aliphatic carbocycles. The van der Waals surface area contributed by atoms with Crippen molar-refractivity contribution in [2.75, 3.05) is 26.3 Å². The predicted octanol–water partition coefficient (Wildman–Crippen LogP) is 1.55. The van der Waals surface area contributed by atoms with Gasteiger partial charge in [0, 0.05) is 18.7 Å². The monoisotopic (exact) mass is 495 g/mol. The van der Waals surface area contributed by atoms with E-state index in [2.05, 4.69) is 10.6 Å². The van der Waals surface area contributed by atoms with Gasteiger partial charge in [-0.15, -0.1) is 0 Å². The second-order valence-corrected chi connectivity index (χ2v) is 8.77. The van der Waals surface area contributed by atoms with Crippen LogP contribution in [-0.2, 0) is 23.9 Å². The minimum absolute atomic E-state index is 0.00861. The minimum atomic E-state index is -1.40. The Morgan fingerprint density at radius 3 is 2.34 bits per heavy atom. The zero-order chi connectivity index (χ0) is 26.8. The number of likely N-dealkylation sites (N-methyl/N-ethyl adjacent to an activating group) is 1. The number of hydrogen-bond donors (Lipinski definition) is 4. The lowest BCUT2D eigenvalue weighted by Gasteiger charge is -2.33. The van der Waals surface area contributed by atoms with Crippen molar-refractivity contribution in [3.8, 4) is 5.75 Å². The van der Waals surface area contributed by atoms with Gasteiger partial charge in [0.15, 0.2) is 0 Å². The van der Waals surface area contributed by atoms with Gasteiger partial charge >= 0.3 is 12.1 Å². The smallest absolute Gasteiger partial charge is 0.408 e. The van der Waals surface area contributed by atoms with Gasteiger partial charge in [-0.2, -0.15) is 0 Å². The van der Waals surface area contributed by atoms with Gasteiger partial charge in [0.25, 0.3) is 0 Å². The molecule has 2 unspecified atom stereocenters. The van der Waals surface area contributed by atoms with Crippen molar-refractivity contribution in [3.63, 3.8) is 0 Å². The lowest BCUT2D eigenvalue weighted by Crippen LogP contribution is -2.54. The number of esters is 1. The second kappa shape index (κ2) is 13.5. The van der Waals surface area contributed by atoms with Gasteiger partial charge in [-0.05, 0) is 47.1 Å². The Balaban J connectivity index is 3.25. The SMILES string of the molecule is CCOC(=O)CCNC(=O)C(c1cccc(C)c1O)N(CC)C(=O)C(CO)NC(=O)OC(C)(C)C. The van der Waals surface area contributed by atoms with E-state index in [4.69, 9.17) is 9.47 Å². The van der Waals surface area contributed by atoms with Gasteiger partial charge in [-0.3, -0.25) is 14.4 Å². The second-order valence-electron chi connectivity index (χ2n) is 8.77. The summed E-state index contributed by atoms with van der Waals surface area (Å²) in [6.45, 7) is 9.30. The molecule has 0 saturated heterocycles. The van der Waals surface area contributed by atoms with E-state index in [0.29, 0.717) is 5.56 Å². The number of para-hydroxylation sites is 1. The van der Waals surface area contributed by atoms with E-state index in [9.17, 15) is 29.4 Å². The molecule has 1 aromatic rings. The molecule has 0 aliphatic heterocycles. The highest BCUT2D eigenvalue weighted by Gasteiger charge is 2.36. The zero-order valence-corrected chi connectivity index (χ0v) is 21.2. The number of rotatable bonds is 11. The number of phenolic OH excluding ortho intramolecular Hbond substituents is 1. The summed E-state index contributed by atoms with van der Waals surface area (Å²) in [5, 5.41) is 25.4. The molecule has 35 heavy (non-hydrogen) atoms. The lowest BCUT2D eigenvalue weighted by atomic mass is 9.99. The van der Waals surface area contributed by atoms with Crippen LogP contribution < -0.4 is 10.6 Å². The maximum absolute atomic E-state index is 13.3. The Morgan fingerprint density at radius 1 is 1.14 bits per heavy atom. The summed E-state index contributed by atoms with van der Waals surface area (Å²) < 4.78 is 10.0. The number of hydrogen-bond acceptors (Lipinski definition) is 8. The minimum Gasteiger partial charge on any atom is -0.507 e. The van der Waals surface area contributed by atoms with Crippen molar-refractivity contribution < 1.29 is 38.9 Å². The Labute approximate surface area is 205 Å². The van der Waals surface area contributed by atoms with E-state index in [-0.39, 0.29) is 37.4 Å². The molecule has 0 bridgehead atoms. The molecule has 0 saturated carbocycles. The number of phenols is 1. The number of carbonyl (C=O) groups is 4. The normalized spacial score (nSPS) is 12.8. The molecular formula is C24H37N3O8. The maximum atomic E-state index is 13.3. The summed E-state index contributed by atoms with van der Waals surface area (Å²) in [7, 11) is 0. The quantitative estimate of drug-likeness (QED) is 0.337. The largest absolute Gasteiger partial charge is 0.507 e. The molecule has 0 fully saturated rings. The number of ether oxygens (including phenoxy) is 2. The summed E-state index contributed by atoms with van der Waals surface area (Å²) in [6.07, 6.45) is -0.985. The molecule has 11 heteroatoms. The molecule has 4 N–H and O–H groups in total. The number of aryl methyl sites for hydroxylation is 1. The molecule has 11 nitrogen and oxygen atoms in total. The molecule has 0 spiro atoms. The highest BCUT2D eigenvalue weighted by molar-refractivity contribution is 5.92. The van der Waals surface area contributed by atoms with E-state index in [1.807, 2.05) is 0 Å². The summed E-state index contributed by atoms with van der Waals surface area (Å²) in [5.41, 5.74) is -0.185. The fourth-order valence-corrected chi connectivity index (χ4v) is 3.27. The summed E-state index contributed by atoms with van der Waals surface area (Å²) >= 11 is 0. The van der Waals surface area contributed by atoms with Crippen LogP contribution in [0.5, 0.6) is 5.75 Å². The Hall–Kier alpha value is -3.34. The first kappa shape index (κ1) is 29.7. The van der Waals surface area contributed by atoms with Crippen LogP contribution >= 0.6 is 0 Å². The van der Waals surface area contributed by atoms with Crippen LogP contribution in [0.1, 0.15) is 58.2 Å². The van der Waals surface area contributed by atoms with E-state index in [1.54, 1.807) is 53.7 Å². The number of alkyl carbamates (subject to hydrolysis) is 1. The van der Waals surface area contributed by atoms with Crippen LogP contribution in [0.4, 0.5) is 4.79 Å². The van der Waals surface area contributed by atoms with E-state index in [0.717, 1.165) is 4.90 Å². The highest BCUT2D eigenvalue weighted by Crippen LogP contribution is 2.32. The predicted molar refractivity (Wildman–Crippen MR) is 127 cm³/mol. The van der Waals surface area contributed by atoms with Crippen molar-refractivity contribution in [1.29, 1.82) is 0 Å². The van der Waals surface area contributed by atoms with Crippen molar-refractivity contribution in [2.24, 2.45) is 0 Å². The van der Waals surface area contributed by atoms with Crippen molar-refractivity contribution >= 4 is 23.9 Å².